The van der Waals surface area contributed by atoms with Gasteiger partial charge in [-0.15, -0.1) is 0 Å². The number of benzene rings is 4. The number of aryl methyl sites for hydroxylation is 1. The molecular formula is C46H39N5O. The van der Waals surface area contributed by atoms with Crippen LogP contribution >= 0.6 is 0 Å². The second kappa shape index (κ2) is 13.2. The number of hydrogen-bond acceptors (Lipinski definition) is 5. The number of nitrogens with zero attached hydrogens (tertiary/aromatic N) is 5. The summed E-state index contributed by atoms with van der Waals surface area (Å²) in [5.41, 5.74) is 12.4. The first-order valence-corrected chi connectivity index (χ1v) is 18.2. The molecule has 0 saturated carbocycles. The lowest BCUT2D eigenvalue weighted by molar-refractivity contribution is 0.521. The van der Waals surface area contributed by atoms with E-state index in [1.165, 1.54) is 27.8 Å². The first-order chi connectivity index (χ1) is 25.5. The van der Waals surface area contributed by atoms with Gasteiger partial charge in [0.2, 0.25) is 5.71 Å². The minimum Gasteiger partial charge on any atom is -0.437 e. The highest BCUT2D eigenvalue weighted by Crippen LogP contribution is 2.39. The Morgan fingerprint density at radius 1 is 0.673 bits per heavy atom. The van der Waals surface area contributed by atoms with Crippen molar-refractivity contribution in [1.29, 1.82) is 0 Å². The van der Waals surface area contributed by atoms with Crippen LogP contribution in [0.4, 0.5) is 0 Å². The van der Waals surface area contributed by atoms with Crippen LogP contribution in [0, 0.1) is 5.92 Å². The maximum atomic E-state index is 6.63. The quantitative estimate of drug-likeness (QED) is 0.152. The molecule has 1 unspecified atom stereocenters. The van der Waals surface area contributed by atoms with Gasteiger partial charge in [-0.2, -0.15) is 0 Å². The Bertz CT molecular complexity index is 2650. The van der Waals surface area contributed by atoms with Gasteiger partial charge in [-0.1, -0.05) is 112 Å². The third kappa shape index (κ3) is 5.52. The fraction of sp³-hybridized carbons (Fsp3) is 0.174. The van der Waals surface area contributed by atoms with Gasteiger partial charge in [0.1, 0.15) is 5.82 Å². The van der Waals surface area contributed by atoms with Crippen LogP contribution in [0.15, 0.2) is 138 Å². The van der Waals surface area contributed by atoms with Crippen LogP contribution in [0.2, 0.25) is 0 Å². The lowest BCUT2D eigenvalue weighted by atomic mass is 9.89. The zero-order valence-corrected chi connectivity index (χ0v) is 29.6. The molecule has 4 aromatic carbocycles. The van der Waals surface area contributed by atoms with Crippen molar-refractivity contribution < 1.29 is 4.42 Å². The summed E-state index contributed by atoms with van der Waals surface area (Å²) in [7, 11) is 0. The third-order valence-electron chi connectivity index (χ3n) is 10.6. The number of aromatic nitrogens is 5. The smallest absolute Gasteiger partial charge is 0.227 e. The van der Waals surface area contributed by atoms with Gasteiger partial charge in [0, 0.05) is 52.9 Å². The largest absolute Gasteiger partial charge is 0.437 e. The second-order valence-corrected chi connectivity index (χ2v) is 14.1. The van der Waals surface area contributed by atoms with E-state index in [9.17, 15) is 0 Å². The van der Waals surface area contributed by atoms with E-state index in [-0.39, 0.29) is 0 Å². The zero-order chi connectivity index (χ0) is 35.2. The molecule has 254 valence electrons. The lowest BCUT2D eigenvalue weighted by Crippen LogP contribution is -2.05. The maximum Gasteiger partial charge on any atom is 0.227 e. The van der Waals surface area contributed by atoms with Crippen LogP contribution in [0.1, 0.15) is 44.4 Å². The standard InChI is InChI=1S/C46H39N5O/c1-29(2)30(3)40-24-22-37-38-27-47-28-39(44(38)52-46(37)50-40)45-49-41-23-21-33-17-11-25-48-42(33)43(41)51(45)26-12-20-36-34(31-13-6-4-7-14-31)18-10-19-35(36)32-15-8-5-9-16-32/h4-11,13-19,21-25,27-30H,12,20,26H2,1-3H3. The minimum absolute atomic E-state index is 0.314. The molecule has 0 N–H and O–H groups in total. The van der Waals surface area contributed by atoms with Crippen LogP contribution in [0.5, 0.6) is 0 Å². The van der Waals surface area contributed by atoms with Gasteiger partial charge < -0.3 is 8.98 Å². The summed E-state index contributed by atoms with van der Waals surface area (Å²) < 4.78 is 8.96. The van der Waals surface area contributed by atoms with E-state index in [4.69, 9.17) is 24.4 Å². The molecule has 6 heteroatoms. The predicted molar refractivity (Wildman–Crippen MR) is 212 cm³/mol. The molecule has 52 heavy (non-hydrogen) atoms. The average molecular weight is 678 g/mol. The Hall–Kier alpha value is -6.14. The van der Waals surface area contributed by atoms with Crippen molar-refractivity contribution in [3.8, 4) is 33.6 Å². The first-order valence-electron chi connectivity index (χ1n) is 18.2. The van der Waals surface area contributed by atoms with E-state index in [2.05, 4.69) is 135 Å². The van der Waals surface area contributed by atoms with Gasteiger partial charge in [0.05, 0.1) is 22.1 Å². The van der Waals surface area contributed by atoms with Gasteiger partial charge in [-0.25, -0.2) is 9.97 Å². The highest BCUT2D eigenvalue weighted by atomic mass is 16.3. The van der Waals surface area contributed by atoms with Crippen LogP contribution in [-0.2, 0) is 13.0 Å². The van der Waals surface area contributed by atoms with E-state index in [0.717, 1.165) is 74.8 Å². The number of hydrogen-bond donors (Lipinski definition) is 0. The topological polar surface area (TPSA) is 69.6 Å². The van der Waals surface area contributed by atoms with Crippen molar-refractivity contribution in [3.05, 3.63) is 145 Å². The molecule has 1 atom stereocenters. The lowest BCUT2D eigenvalue weighted by Gasteiger charge is -2.17. The highest BCUT2D eigenvalue weighted by Gasteiger charge is 2.23. The van der Waals surface area contributed by atoms with E-state index in [1.54, 1.807) is 0 Å². The van der Waals surface area contributed by atoms with E-state index in [0.29, 0.717) is 17.5 Å². The number of imidazole rings is 1. The molecule has 0 aliphatic rings. The summed E-state index contributed by atoms with van der Waals surface area (Å²) >= 11 is 0. The van der Waals surface area contributed by atoms with Gasteiger partial charge in [0.15, 0.2) is 5.58 Å². The molecule has 0 aliphatic carbocycles. The van der Waals surface area contributed by atoms with Crippen LogP contribution in [0.25, 0.3) is 77.6 Å². The molecule has 0 spiro atoms. The molecule has 0 bridgehead atoms. The van der Waals surface area contributed by atoms with Crippen molar-refractivity contribution in [1.82, 2.24) is 24.5 Å². The predicted octanol–water partition coefficient (Wildman–Crippen LogP) is 11.7. The Labute approximate surface area is 302 Å². The molecule has 0 radical (unpaired) electrons. The molecule has 9 aromatic rings. The van der Waals surface area contributed by atoms with E-state index >= 15 is 0 Å². The van der Waals surface area contributed by atoms with E-state index in [1.807, 2.05) is 24.7 Å². The molecule has 0 amide bonds. The van der Waals surface area contributed by atoms with E-state index < -0.39 is 0 Å². The molecule has 9 rings (SSSR count). The average Bonchev–Trinajstić information content (AvgIpc) is 3.76. The van der Waals surface area contributed by atoms with Gasteiger partial charge in [-0.3, -0.25) is 9.97 Å². The Kier molecular flexibility index (Phi) is 8.08. The normalized spacial score (nSPS) is 12.5. The minimum atomic E-state index is 0.314. The zero-order valence-electron chi connectivity index (χ0n) is 29.6. The summed E-state index contributed by atoms with van der Waals surface area (Å²) in [5, 5.41) is 2.99. The Morgan fingerprint density at radius 2 is 1.42 bits per heavy atom. The van der Waals surface area contributed by atoms with Gasteiger partial charge in [0.25, 0.3) is 0 Å². The molecule has 0 aliphatic heterocycles. The van der Waals surface area contributed by atoms with Crippen molar-refractivity contribution in [2.75, 3.05) is 0 Å². The number of pyridine rings is 3. The monoisotopic (exact) mass is 677 g/mol. The fourth-order valence-corrected chi connectivity index (χ4v) is 7.56. The van der Waals surface area contributed by atoms with Gasteiger partial charge >= 0.3 is 0 Å². The third-order valence-corrected chi connectivity index (χ3v) is 10.6. The summed E-state index contributed by atoms with van der Waals surface area (Å²) in [5.74, 6) is 1.61. The van der Waals surface area contributed by atoms with Crippen molar-refractivity contribution in [3.63, 3.8) is 0 Å². The summed E-state index contributed by atoms with van der Waals surface area (Å²) in [6.07, 6.45) is 7.39. The molecule has 5 aromatic heterocycles. The Balaban J connectivity index is 1.18. The van der Waals surface area contributed by atoms with Crippen LogP contribution < -0.4 is 0 Å². The fourth-order valence-electron chi connectivity index (χ4n) is 7.56. The molecule has 6 nitrogen and oxygen atoms in total. The maximum absolute atomic E-state index is 6.63. The van der Waals surface area contributed by atoms with Crippen molar-refractivity contribution in [2.45, 2.75) is 46.1 Å². The second-order valence-electron chi connectivity index (χ2n) is 14.1. The molecule has 0 fully saturated rings. The van der Waals surface area contributed by atoms with Crippen LogP contribution in [0.3, 0.4) is 0 Å². The summed E-state index contributed by atoms with van der Waals surface area (Å²) in [6, 6.07) is 40.7. The molecule has 0 saturated heterocycles. The highest BCUT2D eigenvalue weighted by molar-refractivity contribution is 6.09. The number of rotatable bonds is 9. The van der Waals surface area contributed by atoms with Crippen LogP contribution in [-0.4, -0.2) is 24.5 Å². The van der Waals surface area contributed by atoms with Crippen molar-refractivity contribution in [2.24, 2.45) is 5.92 Å². The summed E-state index contributed by atoms with van der Waals surface area (Å²) in [4.78, 5) is 19.9. The van der Waals surface area contributed by atoms with Crippen molar-refractivity contribution >= 4 is 44.0 Å². The first kappa shape index (κ1) is 31.8. The molecular weight excluding hydrogens is 639 g/mol. The van der Waals surface area contributed by atoms with Gasteiger partial charge in [-0.05, 0) is 70.8 Å². The Morgan fingerprint density at radius 3 is 2.15 bits per heavy atom. The molecule has 5 heterocycles. The summed E-state index contributed by atoms with van der Waals surface area (Å²) in [6.45, 7) is 7.39. The SMILES string of the molecule is CC(C)C(C)c1ccc2c(n1)oc1c(-c3nc4ccc5cccnc5c4n3CCCc3c(-c4ccccc4)cccc3-c3ccccc3)cncc12. The number of fused-ring (bicyclic) bond motifs is 6. The number of furan rings is 1.